The summed E-state index contributed by atoms with van der Waals surface area (Å²) in [5.41, 5.74) is 1.21. The Kier molecular flexibility index (Phi) is 4.46. The van der Waals surface area contributed by atoms with Crippen molar-refractivity contribution in [1.82, 2.24) is 10.2 Å². The van der Waals surface area contributed by atoms with Gasteiger partial charge >= 0.3 is 0 Å². The van der Waals surface area contributed by atoms with Crippen molar-refractivity contribution >= 4 is 11.8 Å². The van der Waals surface area contributed by atoms with Gasteiger partial charge in [0.2, 0.25) is 11.8 Å². The predicted molar refractivity (Wildman–Crippen MR) is 85.0 cm³/mol. The van der Waals surface area contributed by atoms with Crippen LogP contribution in [0.4, 0.5) is 0 Å². The van der Waals surface area contributed by atoms with E-state index in [0.29, 0.717) is 19.0 Å². The topological polar surface area (TPSA) is 49.4 Å². The van der Waals surface area contributed by atoms with Crippen LogP contribution in [0.3, 0.4) is 0 Å². The molecule has 4 heteroatoms. The number of nitrogens with one attached hydrogen (secondary N) is 1. The summed E-state index contributed by atoms with van der Waals surface area (Å²) in [6, 6.07) is 10.4. The zero-order valence-corrected chi connectivity index (χ0v) is 13.1. The van der Waals surface area contributed by atoms with Crippen LogP contribution >= 0.6 is 0 Å². The Hall–Kier alpha value is -1.84. The normalized spacial score (nSPS) is 20.5. The van der Waals surface area contributed by atoms with Crippen LogP contribution in [0.15, 0.2) is 30.3 Å². The van der Waals surface area contributed by atoms with Crippen molar-refractivity contribution < 1.29 is 9.59 Å². The van der Waals surface area contributed by atoms with Crippen LogP contribution in [0.5, 0.6) is 0 Å². The summed E-state index contributed by atoms with van der Waals surface area (Å²) >= 11 is 0. The van der Waals surface area contributed by atoms with Crippen LogP contribution < -0.4 is 5.32 Å². The van der Waals surface area contributed by atoms with Crippen molar-refractivity contribution in [3.05, 3.63) is 35.9 Å². The van der Waals surface area contributed by atoms with Gasteiger partial charge in [-0.05, 0) is 37.2 Å². The first-order valence-electron chi connectivity index (χ1n) is 8.26. The van der Waals surface area contributed by atoms with Gasteiger partial charge in [0.05, 0.1) is 6.04 Å². The number of carbonyl (C=O) groups is 2. The van der Waals surface area contributed by atoms with Crippen molar-refractivity contribution in [2.24, 2.45) is 11.8 Å². The van der Waals surface area contributed by atoms with E-state index in [1.807, 2.05) is 23.1 Å². The van der Waals surface area contributed by atoms with E-state index in [4.69, 9.17) is 0 Å². The van der Waals surface area contributed by atoms with Crippen LogP contribution in [0.2, 0.25) is 0 Å². The smallest absolute Gasteiger partial charge is 0.223 e. The second kappa shape index (κ2) is 6.51. The lowest BCUT2D eigenvalue weighted by molar-refractivity contribution is -0.134. The van der Waals surface area contributed by atoms with Gasteiger partial charge < -0.3 is 10.2 Å². The Balaban J connectivity index is 1.59. The number of hydrogen-bond acceptors (Lipinski definition) is 2. The van der Waals surface area contributed by atoms with Gasteiger partial charge in [-0.15, -0.1) is 0 Å². The van der Waals surface area contributed by atoms with Crippen LogP contribution in [0.1, 0.15) is 44.2 Å². The van der Waals surface area contributed by atoms with Gasteiger partial charge in [-0.1, -0.05) is 30.3 Å². The fourth-order valence-corrected chi connectivity index (χ4v) is 3.29. The maximum atomic E-state index is 12.6. The standard InChI is InChI=1S/C18H24N2O2/c1-13(21)20-11-9-16(10-12-20)18(22)19-17(15-7-8-15)14-5-3-2-4-6-14/h2-6,15-17H,7-12H2,1H3,(H,19,22)/t17-/m1/s1. The molecule has 4 nitrogen and oxygen atoms in total. The highest BCUT2D eigenvalue weighted by molar-refractivity contribution is 5.80. The fourth-order valence-electron chi connectivity index (χ4n) is 3.29. The first kappa shape index (κ1) is 15.1. The molecule has 0 radical (unpaired) electrons. The highest BCUT2D eigenvalue weighted by Crippen LogP contribution is 2.41. The molecule has 1 aliphatic heterocycles. The van der Waals surface area contributed by atoms with Crippen molar-refractivity contribution in [3.63, 3.8) is 0 Å². The van der Waals surface area contributed by atoms with Crippen LogP contribution in [0, 0.1) is 11.8 Å². The Morgan fingerprint density at radius 2 is 1.73 bits per heavy atom. The van der Waals surface area contributed by atoms with Gasteiger partial charge in [-0.25, -0.2) is 0 Å². The third kappa shape index (κ3) is 3.49. The molecule has 2 amide bonds. The molecule has 1 aromatic carbocycles. The highest BCUT2D eigenvalue weighted by atomic mass is 16.2. The van der Waals surface area contributed by atoms with E-state index in [2.05, 4.69) is 17.4 Å². The molecule has 2 fully saturated rings. The maximum absolute atomic E-state index is 12.6. The first-order valence-corrected chi connectivity index (χ1v) is 8.26. The first-order chi connectivity index (χ1) is 10.6. The third-order valence-electron chi connectivity index (χ3n) is 4.86. The lowest BCUT2D eigenvalue weighted by Gasteiger charge is -2.31. The summed E-state index contributed by atoms with van der Waals surface area (Å²) < 4.78 is 0. The van der Waals surface area contributed by atoms with Crippen molar-refractivity contribution in [2.45, 2.75) is 38.6 Å². The Labute approximate surface area is 131 Å². The minimum atomic E-state index is 0.0422. The summed E-state index contributed by atoms with van der Waals surface area (Å²) in [7, 11) is 0. The zero-order chi connectivity index (χ0) is 15.5. The van der Waals surface area contributed by atoms with Gasteiger partial charge in [0.25, 0.3) is 0 Å². The Morgan fingerprint density at radius 1 is 1.09 bits per heavy atom. The molecule has 1 N–H and O–H groups in total. The van der Waals surface area contributed by atoms with Gasteiger partial charge in [-0.3, -0.25) is 9.59 Å². The number of nitrogens with zero attached hydrogens (tertiary/aromatic N) is 1. The van der Waals surface area contributed by atoms with Crippen molar-refractivity contribution in [3.8, 4) is 0 Å². The molecule has 1 atom stereocenters. The zero-order valence-electron chi connectivity index (χ0n) is 13.1. The second-order valence-electron chi connectivity index (χ2n) is 6.51. The SMILES string of the molecule is CC(=O)N1CCC(C(=O)N[C@H](c2ccccc2)C2CC2)CC1. The molecule has 1 aromatic rings. The summed E-state index contributed by atoms with van der Waals surface area (Å²) in [5.74, 6) is 0.896. The van der Waals surface area contributed by atoms with E-state index >= 15 is 0 Å². The monoisotopic (exact) mass is 300 g/mol. The maximum Gasteiger partial charge on any atom is 0.223 e. The average molecular weight is 300 g/mol. The van der Waals surface area contributed by atoms with E-state index in [9.17, 15) is 9.59 Å². The molecule has 22 heavy (non-hydrogen) atoms. The number of rotatable bonds is 4. The number of hydrogen-bond donors (Lipinski definition) is 1. The number of likely N-dealkylation sites (tertiary alicyclic amines) is 1. The van der Waals surface area contributed by atoms with E-state index in [1.54, 1.807) is 6.92 Å². The Morgan fingerprint density at radius 3 is 2.27 bits per heavy atom. The van der Waals surface area contributed by atoms with E-state index in [0.717, 1.165) is 12.8 Å². The predicted octanol–water partition coefficient (Wildman–Crippen LogP) is 2.51. The lowest BCUT2D eigenvalue weighted by atomic mass is 9.94. The molecule has 0 unspecified atom stereocenters. The van der Waals surface area contributed by atoms with Crippen LogP contribution in [0.25, 0.3) is 0 Å². The summed E-state index contributed by atoms with van der Waals surface area (Å²) in [6.45, 7) is 3.00. The number of piperidine rings is 1. The van der Waals surface area contributed by atoms with Gasteiger partial charge in [-0.2, -0.15) is 0 Å². The molecule has 1 saturated heterocycles. The number of benzene rings is 1. The third-order valence-corrected chi connectivity index (χ3v) is 4.86. The fraction of sp³-hybridized carbons (Fsp3) is 0.556. The largest absolute Gasteiger partial charge is 0.349 e. The Bertz CT molecular complexity index is 531. The molecule has 1 aliphatic carbocycles. The molecule has 2 aliphatic rings. The minimum Gasteiger partial charge on any atom is -0.349 e. The van der Waals surface area contributed by atoms with Crippen molar-refractivity contribution in [2.75, 3.05) is 13.1 Å². The van der Waals surface area contributed by atoms with Gasteiger partial charge in [0, 0.05) is 25.9 Å². The number of carbonyl (C=O) groups excluding carboxylic acids is 2. The van der Waals surface area contributed by atoms with E-state index in [-0.39, 0.29) is 23.8 Å². The summed E-state index contributed by atoms with van der Waals surface area (Å²) in [6.07, 6.45) is 3.94. The molecule has 1 saturated carbocycles. The average Bonchev–Trinajstić information content (AvgIpc) is 3.38. The van der Waals surface area contributed by atoms with Gasteiger partial charge in [0.1, 0.15) is 0 Å². The molecule has 1 heterocycles. The highest BCUT2D eigenvalue weighted by Gasteiger charge is 2.35. The van der Waals surface area contributed by atoms with Crippen molar-refractivity contribution in [1.29, 1.82) is 0 Å². The molecule has 118 valence electrons. The minimum absolute atomic E-state index is 0.0422. The van der Waals surface area contributed by atoms with E-state index < -0.39 is 0 Å². The molecule has 0 aromatic heterocycles. The summed E-state index contributed by atoms with van der Waals surface area (Å²) in [4.78, 5) is 25.8. The van der Waals surface area contributed by atoms with Crippen LogP contribution in [-0.2, 0) is 9.59 Å². The molecule has 3 rings (SSSR count). The van der Waals surface area contributed by atoms with Gasteiger partial charge in [0.15, 0.2) is 0 Å². The van der Waals surface area contributed by atoms with E-state index in [1.165, 1.54) is 18.4 Å². The van der Waals surface area contributed by atoms with Crippen LogP contribution in [-0.4, -0.2) is 29.8 Å². The molecule has 0 spiro atoms. The summed E-state index contributed by atoms with van der Waals surface area (Å²) in [5, 5.41) is 3.27. The lowest BCUT2D eigenvalue weighted by Crippen LogP contribution is -2.43. The second-order valence-corrected chi connectivity index (χ2v) is 6.51. The quantitative estimate of drug-likeness (QED) is 0.929. The molecular formula is C18H24N2O2. The number of amides is 2. The molecule has 0 bridgehead atoms. The molecular weight excluding hydrogens is 276 g/mol.